The third-order valence-electron chi connectivity index (χ3n) is 5.25. The van der Waals surface area contributed by atoms with E-state index in [1.54, 1.807) is 0 Å². The fourth-order valence-electron chi connectivity index (χ4n) is 3.76. The van der Waals surface area contributed by atoms with E-state index in [2.05, 4.69) is 5.32 Å². The zero-order chi connectivity index (χ0) is 25.0. The number of alkyl halides is 3. The Morgan fingerprint density at radius 2 is 1.54 bits per heavy atom. The minimum atomic E-state index is -5.22. The minimum absolute atomic E-state index is 0. The number of hydrogen-bond donors (Lipinski definition) is 2. The van der Waals surface area contributed by atoms with Crippen molar-refractivity contribution in [1.29, 1.82) is 0 Å². The number of nitrogen functional groups attached to an aromatic ring is 1. The number of hydrogen-bond acceptors (Lipinski definition) is 8. The summed E-state index contributed by atoms with van der Waals surface area (Å²) in [5, 5.41) is 2.53. The minimum Gasteiger partial charge on any atom is -0.744 e. The van der Waals surface area contributed by atoms with E-state index >= 15 is 0 Å². The molecule has 0 atom stereocenters. The molecule has 8 nitrogen and oxygen atoms in total. The van der Waals surface area contributed by atoms with E-state index in [1.165, 1.54) is 30.3 Å². The Hall–Kier alpha value is -2.90. The van der Waals surface area contributed by atoms with Crippen molar-refractivity contribution in [2.45, 2.75) is 11.1 Å². The number of fused-ring (bicyclic) bond motifs is 2. The summed E-state index contributed by atoms with van der Waals surface area (Å²) in [4.78, 5) is 25.3. The van der Waals surface area contributed by atoms with E-state index in [1.807, 2.05) is 0 Å². The average Bonchev–Trinajstić information content (AvgIpc) is 2.77. The second-order valence-corrected chi connectivity index (χ2v) is 8.63. The number of nitrogens with one attached hydrogen (secondary N) is 1. The molecule has 0 bridgehead atoms. The molecule has 4 rings (SSSR count). The Bertz CT molecular complexity index is 1490. The maximum Gasteiger partial charge on any atom is 1.00 e. The van der Waals surface area contributed by atoms with Crippen LogP contribution in [0.25, 0.3) is 0 Å². The smallest absolute Gasteiger partial charge is 0.744 e. The Balaban J connectivity index is 0.00000342. The zero-order valence-corrected chi connectivity index (χ0v) is 21.0. The molecule has 1 aliphatic carbocycles. The number of benzene rings is 3. The molecule has 176 valence electrons. The molecule has 0 radical (unpaired) electrons. The summed E-state index contributed by atoms with van der Waals surface area (Å²) in [5.41, 5.74) is 2.45. The van der Waals surface area contributed by atoms with Crippen molar-refractivity contribution in [3.05, 3.63) is 76.3 Å². The molecule has 13 heteroatoms. The summed E-state index contributed by atoms with van der Waals surface area (Å²) >= 11 is 0. The van der Waals surface area contributed by atoms with Gasteiger partial charge in [-0.05, 0) is 24.3 Å². The Morgan fingerprint density at radius 1 is 0.971 bits per heavy atom. The van der Waals surface area contributed by atoms with Gasteiger partial charge in [-0.2, -0.15) is 13.2 Å². The number of ether oxygens (including phenoxy) is 1. The number of rotatable bonds is 4. The van der Waals surface area contributed by atoms with Gasteiger partial charge in [0.25, 0.3) is 0 Å². The van der Waals surface area contributed by atoms with E-state index in [0.717, 1.165) is 19.2 Å². The number of anilines is 3. The van der Waals surface area contributed by atoms with Crippen LogP contribution in [0.1, 0.15) is 37.4 Å². The predicted molar refractivity (Wildman–Crippen MR) is 113 cm³/mol. The molecule has 0 saturated carbocycles. The van der Waals surface area contributed by atoms with Crippen LogP contribution in [0.5, 0.6) is 5.75 Å². The van der Waals surface area contributed by atoms with Gasteiger partial charge in [0.2, 0.25) is 0 Å². The van der Waals surface area contributed by atoms with Gasteiger partial charge in [-0.3, -0.25) is 9.59 Å². The number of carbonyl (C=O) groups is 2. The van der Waals surface area contributed by atoms with Gasteiger partial charge in [0.05, 0.1) is 40.1 Å². The van der Waals surface area contributed by atoms with Gasteiger partial charge in [0.1, 0.15) is 15.9 Å². The van der Waals surface area contributed by atoms with Crippen molar-refractivity contribution in [2.24, 2.45) is 0 Å². The van der Waals surface area contributed by atoms with Crippen molar-refractivity contribution >= 4 is 38.7 Å². The van der Waals surface area contributed by atoms with Crippen LogP contribution in [0, 0.1) is 0 Å². The predicted octanol–water partition coefficient (Wildman–Crippen LogP) is 0.723. The third-order valence-corrected chi connectivity index (χ3v) is 6.13. The van der Waals surface area contributed by atoms with Crippen molar-refractivity contribution in [2.75, 3.05) is 18.2 Å². The summed E-state index contributed by atoms with van der Waals surface area (Å²) in [6.07, 6.45) is -4.79. The molecular formula is C22H14F3N2NaO6S. The van der Waals surface area contributed by atoms with Crippen LogP contribution >= 0.6 is 0 Å². The van der Waals surface area contributed by atoms with Crippen molar-refractivity contribution in [1.82, 2.24) is 0 Å². The molecule has 3 aromatic carbocycles. The first-order valence-corrected chi connectivity index (χ1v) is 10.9. The molecule has 3 N–H and O–H groups in total. The Morgan fingerprint density at radius 3 is 2.06 bits per heavy atom. The zero-order valence-electron chi connectivity index (χ0n) is 18.2. The Kier molecular flexibility index (Phi) is 7.08. The maximum absolute atomic E-state index is 13.4. The van der Waals surface area contributed by atoms with E-state index < -0.39 is 55.3 Å². The molecule has 0 fully saturated rings. The SMILES string of the molecule is COc1ccc(Nc2cc(S(=O)(=O)[O-])c(N)c3c2C(=O)c2ccccc2C3=O)cc1C(F)(F)F.[Na+]. The van der Waals surface area contributed by atoms with Crippen LogP contribution in [0.4, 0.5) is 30.2 Å². The summed E-state index contributed by atoms with van der Waals surface area (Å²) in [6.45, 7) is 0. The second-order valence-electron chi connectivity index (χ2n) is 7.28. The summed E-state index contributed by atoms with van der Waals surface area (Å²) in [5.74, 6) is -2.00. The van der Waals surface area contributed by atoms with E-state index in [-0.39, 0.29) is 57.6 Å². The summed E-state index contributed by atoms with van der Waals surface area (Å²) in [7, 11) is -4.16. The molecule has 0 saturated heterocycles. The van der Waals surface area contributed by atoms with Crippen LogP contribution in [0.2, 0.25) is 0 Å². The second kappa shape index (κ2) is 9.28. The van der Waals surface area contributed by atoms with Crippen molar-refractivity contribution < 1.29 is 70.0 Å². The molecule has 0 heterocycles. The molecule has 0 spiro atoms. The Labute approximate surface area is 219 Å². The van der Waals surface area contributed by atoms with E-state index in [0.29, 0.717) is 6.07 Å². The van der Waals surface area contributed by atoms with Gasteiger partial charge in [0, 0.05) is 16.8 Å². The van der Waals surface area contributed by atoms with Crippen LogP contribution in [-0.4, -0.2) is 31.6 Å². The van der Waals surface area contributed by atoms with Crippen molar-refractivity contribution in [3.8, 4) is 5.75 Å². The maximum atomic E-state index is 13.4. The van der Waals surface area contributed by atoms with Crippen LogP contribution < -0.4 is 45.3 Å². The molecule has 0 aliphatic heterocycles. The first kappa shape index (κ1) is 26.7. The van der Waals surface area contributed by atoms with Crippen LogP contribution in [0.15, 0.2) is 53.4 Å². The first-order valence-electron chi connectivity index (χ1n) is 9.47. The van der Waals surface area contributed by atoms with Gasteiger partial charge in [-0.25, -0.2) is 8.42 Å². The molecule has 0 aromatic heterocycles. The number of ketones is 2. The molecule has 3 aromatic rings. The normalized spacial score (nSPS) is 12.9. The average molecular weight is 514 g/mol. The van der Waals surface area contributed by atoms with E-state index in [9.17, 15) is 35.7 Å². The van der Waals surface area contributed by atoms with Gasteiger partial charge < -0.3 is 20.3 Å². The third kappa shape index (κ3) is 4.67. The number of methoxy groups -OCH3 is 1. The van der Waals surface area contributed by atoms with Gasteiger partial charge in [-0.1, -0.05) is 24.3 Å². The van der Waals surface area contributed by atoms with Crippen LogP contribution in [-0.2, 0) is 16.3 Å². The van der Waals surface area contributed by atoms with E-state index in [4.69, 9.17) is 10.5 Å². The number of halogens is 3. The monoisotopic (exact) mass is 514 g/mol. The molecule has 1 aliphatic rings. The quantitative estimate of drug-likeness (QED) is 0.231. The van der Waals surface area contributed by atoms with Gasteiger partial charge in [-0.15, -0.1) is 0 Å². The van der Waals surface area contributed by atoms with Gasteiger partial charge in [0.15, 0.2) is 11.6 Å². The topological polar surface area (TPSA) is 139 Å². The molecular weight excluding hydrogens is 500 g/mol. The first-order chi connectivity index (χ1) is 15.8. The standard InChI is InChI=1S/C22H15F3N2O6S.Na/c1-33-15-7-6-10(8-13(15)22(23,24)25)27-14-9-16(34(30,31)32)19(26)18-17(14)20(28)11-4-2-3-5-12(11)21(18)29;/h2-9,27H,26H2,1H3,(H,30,31,32);/q;+1/p-1. The number of nitrogens with two attached hydrogens (primary N) is 1. The van der Waals surface area contributed by atoms with Gasteiger partial charge >= 0.3 is 35.7 Å². The largest absolute Gasteiger partial charge is 1.00 e. The summed E-state index contributed by atoms with van der Waals surface area (Å²) in [6, 6.07) is 9.29. The van der Waals surface area contributed by atoms with Crippen molar-refractivity contribution in [3.63, 3.8) is 0 Å². The molecule has 0 unspecified atom stereocenters. The fourth-order valence-corrected chi connectivity index (χ4v) is 4.40. The summed E-state index contributed by atoms with van der Waals surface area (Å²) < 4.78 is 80.5. The molecule has 35 heavy (non-hydrogen) atoms. The fraction of sp³-hybridized carbons (Fsp3) is 0.0909. The number of carbonyl (C=O) groups excluding carboxylic acids is 2. The molecule has 0 amide bonds. The van der Waals surface area contributed by atoms with Crippen LogP contribution in [0.3, 0.4) is 0 Å².